The van der Waals surface area contributed by atoms with E-state index in [4.69, 9.17) is 4.52 Å². The molecular formula is C21H19NO3S. The van der Waals surface area contributed by atoms with Crippen molar-refractivity contribution >= 4 is 16.9 Å². The number of phenols is 1. The molecule has 1 aromatic heterocycles. The van der Waals surface area contributed by atoms with E-state index in [1.165, 1.54) is 11.8 Å². The van der Waals surface area contributed by atoms with Gasteiger partial charge in [-0.05, 0) is 42.7 Å². The Balaban J connectivity index is 1.83. The van der Waals surface area contributed by atoms with Crippen molar-refractivity contribution in [3.63, 3.8) is 0 Å². The highest BCUT2D eigenvalue weighted by atomic mass is 32.2. The number of phenolic OH excluding ortho intramolecular Hbond substituents is 1. The van der Waals surface area contributed by atoms with Crippen LogP contribution in [0.2, 0.25) is 0 Å². The van der Waals surface area contributed by atoms with Gasteiger partial charge in [-0.2, -0.15) is 0 Å². The summed E-state index contributed by atoms with van der Waals surface area (Å²) >= 11 is 1.35. The third kappa shape index (κ3) is 3.15. The monoisotopic (exact) mass is 365 g/mol. The molecule has 5 heteroatoms. The summed E-state index contributed by atoms with van der Waals surface area (Å²) in [6, 6.07) is 17.1. The number of rotatable bonds is 5. The van der Waals surface area contributed by atoms with Crippen LogP contribution in [0.5, 0.6) is 5.75 Å². The van der Waals surface area contributed by atoms with Crippen LogP contribution in [0.25, 0.3) is 22.4 Å². The van der Waals surface area contributed by atoms with Crippen molar-refractivity contribution in [3.05, 3.63) is 60.4 Å². The molecule has 1 N–H and O–H groups in total. The zero-order valence-corrected chi connectivity index (χ0v) is 15.3. The van der Waals surface area contributed by atoms with Crippen LogP contribution >= 0.6 is 11.8 Å². The number of hydrogen-bond acceptors (Lipinski definition) is 5. The molecule has 3 aromatic rings. The van der Waals surface area contributed by atoms with Crippen LogP contribution in [0.4, 0.5) is 0 Å². The van der Waals surface area contributed by atoms with E-state index in [9.17, 15) is 9.90 Å². The van der Waals surface area contributed by atoms with Crippen LogP contribution in [-0.4, -0.2) is 21.1 Å². The van der Waals surface area contributed by atoms with Crippen molar-refractivity contribution in [1.29, 1.82) is 0 Å². The number of aromatic hydroxyl groups is 1. The standard InChI is InChI=1S/C21H19NO3S/c1-14(23)26-13-21(11-12-21)20-18(15-5-3-2-4-6-15)19(22-25-20)16-7-9-17(24)10-8-16/h2-10,24H,11-13H2,1H3. The largest absolute Gasteiger partial charge is 0.508 e. The fraction of sp³-hybridized carbons (Fsp3) is 0.238. The van der Waals surface area contributed by atoms with Crippen molar-refractivity contribution in [2.24, 2.45) is 0 Å². The average Bonchev–Trinajstić information content (AvgIpc) is 3.31. The first kappa shape index (κ1) is 16.9. The molecule has 0 amide bonds. The van der Waals surface area contributed by atoms with Crippen LogP contribution in [0, 0.1) is 0 Å². The van der Waals surface area contributed by atoms with Crippen LogP contribution in [0.1, 0.15) is 25.5 Å². The fourth-order valence-electron chi connectivity index (χ4n) is 3.17. The predicted molar refractivity (Wildman–Crippen MR) is 103 cm³/mol. The predicted octanol–water partition coefficient (Wildman–Crippen LogP) is 5.03. The van der Waals surface area contributed by atoms with Gasteiger partial charge in [-0.3, -0.25) is 4.79 Å². The number of benzene rings is 2. The Morgan fingerprint density at radius 3 is 2.42 bits per heavy atom. The number of carbonyl (C=O) groups excluding carboxylic acids is 1. The number of aromatic nitrogens is 1. The Bertz CT molecular complexity index is 928. The van der Waals surface area contributed by atoms with Gasteiger partial charge in [0.1, 0.15) is 11.4 Å². The van der Waals surface area contributed by atoms with Crippen LogP contribution in [-0.2, 0) is 10.2 Å². The quantitative estimate of drug-likeness (QED) is 0.687. The van der Waals surface area contributed by atoms with Crippen molar-refractivity contribution in [2.75, 3.05) is 5.75 Å². The van der Waals surface area contributed by atoms with Crippen molar-refractivity contribution < 1.29 is 14.4 Å². The van der Waals surface area contributed by atoms with E-state index >= 15 is 0 Å². The summed E-state index contributed by atoms with van der Waals surface area (Å²) in [6.07, 6.45) is 1.99. The second-order valence-corrected chi connectivity index (χ2v) is 7.86. The molecule has 0 radical (unpaired) electrons. The van der Waals surface area contributed by atoms with E-state index in [0.29, 0.717) is 5.75 Å². The molecule has 0 aliphatic heterocycles. The molecule has 1 aliphatic rings. The van der Waals surface area contributed by atoms with Crippen molar-refractivity contribution in [3.8, 4) is 28.1 Å². The second-order valence-electron chi connectivity index (χ2n) is 6.71. The summed E-state index contributed by atoms with van der Waals surface area (Å²) in [6.45, 7) is 1.60. The zero-order chi connectivity index (χ0) is 18.1. The molecule has 4 rings (SSSR count). The molecule has 0 atom stereocenters. The van der Waals surface area contributed by atoms with Crippen LogP contribution < -0.4 is 0 Å². The molecule has 1 saturated carbocycles. The van der Waals surface area contributed by atoms with E-state index in [2.05, 4.69) is 5.16 Å². The van der Waals surface area contributed by atoms with Crippen molar-refractivity contribution in [2.45, 2.75) is 25.2 Å². The van der Waals surface area contributed by atoms with E-state index < -0.39 is 0 Å². The molecule has 0 saturated heterocycles. The Labute approximate surface area is 156 Å². The summed E-state index contributed by atoms with van der Waals surface area (Å²) in [7, 11) is 0. The number of thioether (sulfide) groups is 1. The Hall–Kier alpha value is -2.53. The van der Waals surface area contributed by atoms with Crippen molar-refractivity contribution in [1.82, 2.24) is 5.16 Å². The average molecular weight is 365 g/mol. The van der Waals surface area contributed by atoms with Gasteiger partial charge in [0, 0.05) is 23.7 Å². The Morgan fingerprint density at radius 2 is 1.81 bits per heavy atom. The minimum atomic E-state index is -0.121. The van der Waals surface area contributed by atoms with Gasteiger partial charge in [-0.1, -0.05) is 47.3 Å². The molecule has 0 spiro atoms. The molecule has 26 heavy (non-hydrogen) atoms. The summed E-state index contributed by atoms with van der Waals surface area (Å²) < 4.78 is 5.86. The summed E-state index contributed by atoms with van der Waals surface area (Å²) in [5.41, 5.74) is 3.57. The lowest BCUT2D eigenvalue weighted by Crippen LogP contribution is -2.11. The Morgan fingerprint density at radius 1 is 1.12 bits per heavy atom. The van der Waals surface area contributed by atoms with Crippen LogP contribution in [0.3, 0.4) is 0 Å². The van der Waals surface area contributed by atoms with Gasteiger partial charge in [0.05, 0.1) is 5.56 Å². The first-order chi connectivity index (χ1) is 12.6. The van der Waals surface area contributed by atoms with Gasteiger partial charge in [0.2, 0.25) is 0 Å². The van der Waals surface area contributed by atoms with Gasteiger partial charge in [-0.15, -0.1) is 0 Å². The minimum absolute atomic E-state index is 0.121. The zero-order valence-electron chi connectivity index (χ0n) is 14.4. The molecule has 132 valence electrons. The number of nitrogens with zero attached hydrogens (tertiary/aromatic N) is 1. The lowest BCUT2D eigenvalue weighted by atomic mass is 9.93. The number of carbonyl (C=O) groups is 1. The van der Waals surface area contributed by atoms with Gasteiger partial charge in [0.15, 0.2) is 10.9 Å². The fourth-order valence-corrected chi connectivity index (χ4v) is 4.07. The summed E-state index contributed by atoms with van der Waals surface area (Å²) in [4.78, 5) is 11.5. The molecule has 0 bridgehead atoms. The molecule has 0 unspecified atom stereocenters. The lowest BCUT2D eigenvalue weighted by Gasteiger charge is -2.13. The highest BCUT2D eigenvalue weighted by Gasteiger charge is 2.50. The minimum Gasteiger partial charge on any atom is -0.508 e. The molecule has 1 aliphatic carbocycles. The smallest absolute Gasteiger partial charge is 0.185 e. The maximum absolute atomic E-state index is 11.5. The maximum atomic E-state index is 11.5. The first-order valence-corrected chi connectivity index (χ1v) is 9.56. The Kier molecular flexibility index (Phi) is 4.32. The first-order valence-electron chi connectivity index (χ1n) is 8.57. The SMILES string of the molecule is CC(=O)SCC1(c2onc(-c3ccc(O)cc3)c2-c2ccccc2)CC1. The highest BCUT2D eigenvalue weighted by molar-refractivity contribution is 8.13. The molecule has 2 aromatic carbocycles. The summed E-state index contributed by atoms with van der Waals surface area (Å²) in [5, 5.41) is 14.1. The maximum Gasteiger partial charge on any atom is 0.185 e. The molecule has 4 nitrogen and oxygen atoms in total. The topological polar surface area (TPSA) is 63.3 Å². The molecule has 1 heterocycles. The van der Waals surface area contributed by atoms with E-state index in [1.54, 1.807) is 19.1 Å². The number of hydrogen-bond donors (Lipinski definition) is 1. The summed E-state index contributed by atoms with van der Waals surface area (Å²) in [5.74, 6) is 1.79. The van der Waals surface area contributed by atoms with Gasteiger partial charge >= 0.3 is 0 Å². The van der Waals surface area contributed by atoms with E-state index in [-0.39, 0.29) is 16.3 Å². The molecular weight excluding hydrogens is 346 g/mol. The van der Waals surface area contributed by atoms with E-state index in [1.807, 2.05) is 42.5 Å². The van der Waals surface area contributed by atoms with Gasteiger partial charge in [-0.25, -0.2) is 0 Å². The van der Waals surface area contributed by atoms with E-state index in [0.717, 1.165) is 41.0 Å². The lowest BCUT2D eigenvalue weighted by molar-refractivity contribution is -0.109. The second kappa shape index (κ2) is 6.65. The molecule has 1 fully saturated rings. The normalized spacial score (nSPS) is 15.0. The van der Waals surface area contributed by atoms with Gasteiger partial charge < -0.3 is 9.63 Å². The third-order valence-corrected chi connectivity index (χ3v) is 5.89. The van der Waals surface area contributed by atoms with Crippen LogP contribution in [0.15, 0.2) is 59.1 Å². The third-order valence-electron chi connectivity index (χ3n) is 4.78. The highest BCUT2D eigenvalue weighted by Crippen LogP contribution is 2.54. The van der Waals surface area contributed by atoms with Gasteiger partial charge in [0.25, 0.3) is 0 Å².